The maximum atomic E-state index is 12.0. The molecule has 0 saturated carbocycles. The molecule has 0 aliphatic heterocycles. The molecule has 0 unspecified atom stereocenters. The second-order valence-corrected chi connectivity index (χ2v) is 6.58. The van der Waals surface area contributed by atoms with Gasteiger partial charge >= 0.3 is 5.97 Å². The predicted molar refractivity (Wildman–Crippen MR) is 102 cm³/mol. The number of anilines is 1. The smallest absolute Gasteiger partial charge is 0.344 e. The molecule has 0 atom stereocenters. The van der Waals surface area contributed by atoms with Gasteiger partial charge in [0.15, 0.2) is 13.2 Å². The van der Waals surface area contributed by atoms with Crippen LogP contribution in [-0.2, 0) is 14.3 Å². The molecule has 0 heterocycles. The zero-order chi connectivity index (χ0) is 19.1. The lowest BCUT2D eigenvalue weighted by Crippen LogP contribution is -2.24. The summed E-state index contributed by atoms with van der Waals surface area (Å²) in [6.45, 7) is 5.27. The Kier molecular flexibility index (Phi) is 7.04. The van der Waals surface area contributed by atoms with Gasteiger partial charge in [0, 0.05) is 5.69 Å². The van der Waals surface area contributed by atoms with Crippen LogP contribution in [-0.4, -0.2) is 25.1 Å². The van der Waals surface area contributed by atoms with E-state index < -0.39 is 11.9 Å². The summed E-state index contributed by atoms with van der Waals surface area (Å²) in [6.07, 6.45) is 0. The highest BCUT2D eigenvalue weighted by atomic mass is 35.5. The van der Waals surface area contributed by atoms with Crippen LogP contribution in [0, 0.1) is 6.92 Å². The number of aryl methyl sites for hydroxylation is 1. The second-order valence-electron chi connectivity index (χ2n) is 6.17. The summed E-state index contributed by atoms with van der Waals surface area (Å²) in [4.78, 5) is 23.8. The number of para-hydroxylation sites is 1. The molecule has 2 rings (SSSR count). The Morgan fingerprint density at radius 2 is 1.85 bits per heavy atom. The van der Waals surface area contributed by atoms with E-state index in [0.717, 1.165) is 11.1 Å². The van der Waals surface area contributed by atoms with Crippen molar-refractivity contribution in [1.29, 1.82) is 0 Å². The third-order valence-electron chi connectivity index (χ3n) is 3.65. The molecule has 0 spiro atoms. The van der Waals surface area contributed by atoms with Gasteiger partial charge in [0.2, 0.25) is 0 Å². The van der Waals surface area contributed by atoms with Crippen molar-refractivity contribution in [3.63, 3.8) is 0 Å². The highest BCUT2D eigenvalue weighted by Crippen LogP contribution is 2.25. The summed E-state index contributed by atoms with van der Waals surface area (Å²) in [5.74, 6) is -0.379. The first-order valence-corrected chi connectivity index (χ1v) is 8.68. The molecule has 138 valence electrons. The number of carbonyl (C=O) groups is 2. The average molecular weight is 376 g/mol. The van der Waals surface area contributed by atoms with E-state index in [2.05, 4.69) is 5.32 Å². The number of amides is 1. The Bertz CT molecular complexity index is 789. The molecule has 1 amide bonds. The molecule has 0 aliphatic rings. The Hall–Kier alpha value is -2.53. The van der Waals surface area contributed by atoms with Crippen molar-refractivity contribution in [2.45, 2.75) is 26.7 Å². The monoisotopic (exact) mass is 375 g/mol. The standard InChI is InChI=1S/C20H22ClNO4/c1-13(2)15-6-4-5-7-17(15)22-19(23)11-26-20(24)12-25-18-10-14(3)8-9-16(18)21/h4-10,13H,11-12H2,1-3H3,(H,22,23). The Morgan fingerprint density at radius 1 is 1.12 bits per heavy atom. The van der Waals surface area contributed by atoms with E-state index >= 15 is 0 Å². The minimum atomic E-state index is -0.644. The number of benzene rings is 2. The minimum Gasteiger partial charge on any atom is -0.480 e. The van der Waals surface area contributed by atoms with Crippen LogP contribution in [0.4, 0.5) is 5.69 Å². The third kappa shape index (κ3) is 5.77. The third-order valence-corrected chi connectivity index (χ3v) is 3.97. The van der Waals surface area contributed by atoms with Crippen LogP contribution in [0.2, 0.25) is 5.02 Å². The Morgan fingerprint density at radius 3 is 2.58 bits per heavy atom. The van der Waals surface area contributed by atoms with Gasteiger partial charge in [-0.3, -0.25) is 4.79 Å². The first-order valence-electron chi connectivity index (χ1n) is 8.30. The first kappa shape index (κ1) is 19.8. The largest absolute Gasteiger partial charge is 0.480 e. The number of hydrogen-bond acceptors (Lipinski definition) is 4. The molecule has 0 aliphatic carbocycles. The normalized spacial score (nSPS) is 10.5. The maximum absolute atomic E-state index is 12.0. The van der Waals surface area contributed by atoms with E-state index in [4.69, 9.17) is 21.1 Å². The van der Waals surface area contributed by atoms with Crippen LogP contribution >= 0.6 is 11.6 Å². The lowest BCUT2D eigenvalue weighted by molar-refractivity contribution is -0.149. The van der Waals surface area contributed by atoms with Crippen molar-refractivity contribution >= 4 is 29.2 Å². The molecular formula is C20H22ClNO4. The number of carbonyl (C=O) groups excluding carboxylic acids is 2. The summed E-state index contributed by atoms with van der Waals surface area (Å²) < 4.78 is 10.3. The van der Waals surface area contributed by atoms with Gasteiger partial charge in [-0.1, -0.05) is 49.7 Å². The van der Waals surface area contributed by atoms with Gasteiger partial charge < -0.3 is 14.8 Å². The number of hydrogen-bond donors (Lipinski definition) is 1. The lowest BCUT2D eigenvalue weighted by Gasteiger charge is -2.13. The molecule has 26 heavy (non-hydrogen) atoms. The summed E-state index contributed by atoms with van der Waals surface area (Å²) >= 11 is 6.00. The van der Waals surface area contributed by atoms with Gasteiger partial charge in [0.1, 0.15) is 5.75 Å². The molecule has 2 aromatic carbocycles. The van der Waals surface area contributed by atoms with Gasteiger partial charge in [0.25, 0.3) is 5.91 Å². The van der Waals surface area contributed by atoms with Crippen LogP contribution < -0.4 is 10.1 Å². The van der Waals surface area contributed by atoms with Crippen LogP contribution in [0.5, 0.6) is 5.75 Å². The number of halogens is 1. The topological polar surface area (TPSA) is 64.6 Å². The van der Waals surface area contributed by atoms with Crippen LogP contribution in [0.15, 0.2) is 42.5 Å². The van der Waals surface area contributed by atoms with Crippen molar-refractivity contribution in [2.24, 2.45) is 0 Å². The Balaban J connectivity index is 1.82. The molecule has 0 fully saturated rings. The molecule has 5 nitrogen and oxygen atoms in total. The number of nitrogens with one attached hydrogen (secondary N) is 1. The van der Waals surface area contributed by atoms with Gasteiger partial charge in [-0.15, -0.1) is 0 Å². The average Bonchev–Trinajstić information content (AvgIpc) is 2.61. The van der Waals surface area contributed by atoms with Gasteiger partial charge in [0.05, 0.1) is 5.02 Å². The zero-order valence-corrected chi connectivity index (χ0v) is 15.8. The number of ether oxygens (including phenoxy) is 2. The molecule has 0 aromatic heterocycles. The maximum Gasteiger partial charge on any atom is 0.344 e. The quantitative estimate of drug-likeness (QED) is 0.731. The predicted octanol–water partition coefficient (Wildman–Crippen LogP) is 4.33. The van der Waals surface area contributed by atoms with Gasteiger partial charge in [-0.25, -0.2) is 4.79 Å². The van der Waals surface area contributed by atoms with Crippen LogP contribution in [0.1, 0.15) is 30.9 Å². The SMILES string of the molecule is Cc1ccc(Cl)c(OCC(=O)OCC(=O)Nc2ccccc2C(C)C)c1. The van der Waals surface area contributed by atoms with Crippen molar-refractivity contribution in [3.8, 4) is 5.75 Å². The van der Waals surface area contributed by atoms with Crippen molar-refractivity contribution in [3.05, 3.63) is 58.6 Å². The molecular weight excluding hydrogens is 354 g/mol. The molecule has 6 heteroatoms. The highest BCUT2D eigenvalue weighted by Gasteiger charge is 2.12. The van der Waals surface area contributed by atoms with E-state index in [1.807, 2.05) is 51.1 Å². The summed E-state index contributed by atoms with van der Waals surface area (Å²) in [6, 6.07) is 12.8. The highest BCUT2D eigenvalue weighted by molar-refractivity contribution is 6.32. The van der Waals surface area contributed by atoms with E-state index in [9.17, 15) is 9.59 Å². The Labute approximate surface area is 158 Å². The summed E-state index contributed by atoms with van der Waals surface area (Å²) in [5, 5.41) is 3.17. The zero-order valence-electron chi connectivity index (χ0n) is 15.0. The molecule has 0 bridgehead atoms. The fourth-order valence-electron chi connectivity index (χ4n) is 2.35. The summed E-state index contributed by atoms with van der Waals surface area (Å²) in [7, 11) is 0. The fourth-order valence-corrected chi connectivity index (χ4v) is 2.52. The fraction of sp³-hybridized carbons (Fsp3) is 0.300. The van der Waals surface area contributed by atoms with E-state index in [1.54, 1.807) is 12.1 Å². The van der Waals surface area contributed by atoms with Crippen LogP contribution in [0.25, 0.3) is 0 Å². The second kappa shape index (κ2) is 9.25. The van der Waals surface area contributed by atoms with E-state index in [-0.39, 0.29) is 19.1 Å². The number of esters is 1. The molecule has 2 aromatic rings. The van der Waals surface area contributed by atoms with Crippen molar-refractivity contribution in [1.82, 2.24) is 0 Å². The van der Waals surface area contributed by atoms with Crippen LogP contribution in [0.3, 0.4) is 0 Å². The number of rotatable bonds is 7. The van der Waals surface area contributed by atoms with Crippen molar-refractivity contribution < 1.29 is 19.1 Å². The van der Waals surface area contributed by atoms with E-state index in [1.165, 1.54) is 0 Å². The van der Waals surface area contributed by atoms with Gasteiger partial charge in [-0.2, -0.15) is 0 Å². The van der Waals surface area contributed by atoms with Gasteiger partial charge in [-0.05, 0) is 42.2 Å². The van der Waals surface area contributed by atoms with E-state index in [0.29, 0.717) is 16.5 Å². The van der Waals surface area contributed by atoms with Crippen molar-refractivity contribution in [2.75, 3.05) is 18.5 Å². The molecule has 0 saturated heterocycles. The first-order chi connectivity index (χ1) is 12.4. The minimum absolute atomic E-state index is 0.265. The summed E-state index contributed by atoms with van der Waals surface area (Å²) in [5.41, 5.74) is 2.69. The molecule has 1 N–H and O–H groups in total. The molecule has 0 radical (unpaired) electrons. The lowest BCUT2D eigenvalue weighted by atomic mass is 10.0.